The fourth-order valence-corrected chi connectivity index (χ4v) is 3.27. The third-order valence-corrected chi connectivity index (χ3v) is 5.03. The molecule has 0 aliphatic carbocycles. The molecular weight excluding hydrogens is 420 g/mol. The monoisotopic (exact) mass is 448 g/mol. The minimum absolute atomic E-state index is 0.0710. The number of carbonyl (C=O) groups excluding carboxylic acids is 2. The summed E-state index contributed by atoms with van der Waals surface area (Å²) in [5.41, 5.74) is 1.68. The van der Waals surface area contributed by atoms with Gasteiger partial charge in [0.05, 0.1) is 18.4 Å². The highest BCUT2D eigenvalue weighted by Crippen LogP contribution is 2.19. The molecule has 2 rings (SSSR count). The number of hydrogen-bond donors (Lipinski definition) is 1. The van der Waals surface area contributed by atoms with Gasteiger partial charge in [0, 0.05) is 18.3 Å². The van der Waals surface area contributed by atoms with Gasteiger partial charge in [0.2, 0.25) is 0 Å². The number of benzene rings is 2. The standard InChI is InChI=1S/C22H28N2O6S/c1-5-16(3)24(15-17-8-7-9-20(14-17)30-31(4,27)28)22(26)23-19-12-10-18(11-13-19)21(25)29-6-2/h7-14,16H,5-6,15H2,1-4H3,(H,23,26). The molecule has 0 aromatic heterocycles. The normalized spacial score (nSPS) is 12.0. The highest BCUT2D eigenvalue weighted by atomic mass is 32.2. The highest BCUT2D eigenvalue weighted by Gasteiger charge is 2.20. The van der Waals surface area contributed by atoms with E-state index in [1.54, 1.807) is 60.4 Å². The zero-order chi connectivity index (χ0) is 23.0. The second-order valence-corrected chi connectivity index (χ2v) is 8.62. The number of rotatable bonds is 9. The summed E-state index contributed by atoms with van der Waals surface area (Å²) >= 11 is 0. The topological polar surface area (TPSA) is 102 Å². The summed E-state index contributed by atoms with van der Waals surface area (Å²) in [6.07, 6.45) is 1.71. The Labute approximate surface area is 183 Å². The van der Waals surface area contributed by atoms with Gasteiger partial charge in [-0.25, -0.2) is 9.59 Å². The maximum atomic E-state index is 12.9. The summed E-state index contributed by atoms with van der Waals surface area (Å²) in [6, 6.07) is 12.7. The zero-order valence-electron chi connectivity index (χ0n) is 18.1. The van der Waals surface area contributed by atoms with E-state index in [1.165, 1.54) is 0 Å². The second kappa shape index (κ2) is 10.8. The Morgan fingerprint density at radius 1 is 1.10 bits per heavy atom. The molecule has 0 saturated carbocycles. The van der Waals surface area contributed by atoms with Crippen LogP contribution in [0.15, 0.2) is 48.5 Å². The predicted octanol–water partition coefficient (Wildman–Crippen LogP) is 4.03. The van der Waals surface area contributed by atoms with E-state index in [0.29, 0.717) is 11.3 Å². The van der Waals surface area contributed by atoms with Crippen LogP contribution in [0.1, 0.15) is 43.1 Å². The van der Waals surface area contributed by atoms with Gasteiger partial charge in [0.25, 0.3) is 0 Å². The first-order valence-corrected chi connectivity index (χ1v) is 11.8. The molecular formula is C22H28N2O6S. The lowest BCUT2D eigenvalue weighted by molar-refractivity contribution is 0.0526. The molecule has 8 nitrogen and oxygen atoms in total. The Balaban J connectivity index is 2.14. The lowest BCUT2D eigenvalue weighted by Crippen LogP contribution is -2.40. The minimum atomic E-state index is -3.64. The molecule has 1 N–H and O–H groups in total. The van der Waals surface area contributed by atoms with E-state index in [0.717, 1.165) is 18.2 Å². The fourth-order valence-electron chi connectivity index (χ4n) is 2.81. The molecule has 0 aliphatic heterocycles. The first-order chi connectivity index (χ1) is 14.6. The smallest absolute Gasteiger partial charge is 0.338 e. The van der Waals surface area contributed by atoms with Gasteiger partial charge in [0.15, 0.2) is 0 Å². The summed E-state index contributed by atoms with van der Waals surface area (Å²) in [5.74, 6) is -0.225. The Hall–Kier alpha value is -3.07. The van der Waals surface area contributed by atoms with Gasteiger partial charge in [-0.15, -0.1) is 0 Å². The number of amides is 2. The van der Waals surface area contributed by atoms with Crippen LogP contribution in [0.2, 0.25) is 0 Å². The number of urea groups is 1. The van der Waals surface area contributed by atoms with E-state index in [1.807, 2.05) is 13.8 Å². The van der Waals surface area contributed by atoms with E-state index in [2.05, 4.69) is 5.32 Å². The summed E-state index contributed by atoms with van der Waals surface area (Å²) in [6.45, 7) is 6.20. The van der Waals surface area contributed by atoms with Gasteiger partial charge in [-0.05, 0) is 62.2 Å². The quantitative estimate of drug-likeness (QED) is 0.459. The van der Waals surface area contributed by atoms with Crippen LogP contribution in [0.5, 0.6) is 5.75 Å². The van der Waals surface area contributed by atoms with E-state index < -0.39 is 16.1 Å². The molecule has 0 aliphatic rings. The van der Waals surface area contributed by atoms with Gasteiger partial charge in [0.1, 0.15) is 5.75 Å². The number of ether oxygens (including phenoxy) is 1. The number of esters is 1. The van der Waals surface area contributed by atoms with Gasteiger partial charge < -0.3 is 19.1 Å². The number of hydrogen-bond acceptors (Lipinski definition) is 6. The summed E-state index contributed by atoms with van der Waals surface area (Å²) in [7, 11) is -3.64. The molecule has 2 aromatic carbocycles. The number of nitrogens with one attached hydrogen (secondary N) is 1. The number of carbonyl (C=O) groups is 2. The van der Waals surface area contributed by atoms with E-state index in [4.69, 9.17) is 8.92 Å². The molecule has 0 fully saturated rings. The molecule has 1 unspecified atom stereocenters. The molecule has 168 valence electrons. The van der Waals surface area contributed by atoms with Crippen LogP contribution in [0.3, 0.4) is 0 Å². The van der Waals surface area contributed by atoms with Gasteiger partial charge in [-0.2, -0.15) is 8.42 Å². The molecule has 2 aromatic rings. The van der Waals surface area contributed by atoms with Gasteiger partial charge in [-0.3, -0.25) is 0 Å². The third kappa shape index (κ3) is 7.60. The minimum Gasteiger partial charge on any atom is -0.462 e. The van der Waals surface area contributed by atoms with Crippen LogP contribution in [-0.2, 0) is 21.4 Å². The first kappa shape index (κ1) is 24.2. The molecule has 0 spiro atoms. The van der Waals surface area contributed by atoms with Crippen LogP contribution in [0.4, 0.5) is 10.5 Å². The van der Waals surface area contributed by atoms with Crippen molar-refractivity contribution in [2.24, 2.45) is 0 Å². The van der Waals surface area contributed by atoms with Crippen molar-refractivity contribution in [3.8, 4) is 5.75 Å². The SMILES string of the molecule is CCOC(=O)c1ccc(NC(=O)N(Cc2cccc(OS(C)(=O)=O)c2)C(C)CC)cc1. The maximum absolute atomic E-state index is 12.9. The van der Waals surface area contributed by atoms with Crippen molar-refractivity contribution in [2.45, 2.75) is 39.8 Å². The van der Waals surface area contributed by atoms with E-state index in [-0.39, 0.29) is 31.0 Å². The fraction of sp³-hybridized carbons (Fsp3) is 0.364. The van der Waals surface area contributed by atoms with Crippen LogP contribution >= 0.6 is 0 Å². The van der Waals surface area contributed by atoms with Gasteiger partial charge >= 0.3 is 22.1 Å². The zero-order valence-corrected chi connectivity index (χ0v) is 18.9. The summed E-state index contributed by atoms with van der Waals surface area (Å²) < 4.78 is 32.6. The predicted molar refractivity (Wildman–Crippen MR) is 119 cm³/mol. The summed E-state index contributed by atoms with van der Waals surface area (Å²) in [4.78, 5) is 26.4. The molecule has 2 amide bonds. The van der Waals surface area contributed by atoms with E-state index >= 15 is 0 Å². The van der Waals surface area contributed by atoms with Crippen LogP contribution < -0.4 is 9.50 Å². The first-order valence-electron chi connectivity index (χ1n) is 9.96. The number of anilines is 1. The van der Waals surface area contributed by atoms with Crippen LogP contribution in [0.25, 0.3) is 0 Å². The molecule has 0 bridgehead atoms. The van der Waals surface area contributed by atoms with Crippen molar-refractivity contribution < 1.29 is 26.9 Å². The van der Waals surface area contributed by atoms with Crippen molar-refractivity contribution in [3.05, 3.63) is 59.7 Å². The Kier molecular flexibility index (Phi) is 8.44. The Bertz CT molecular complexity index is 1000. The van der Waals surface area contributed by atoms with Crippen LogP contribution in [0, 0.1) is 0 Å². The largest absolute Gasteiger partial charge is 0.462 e. The Morgan fingerprint density at radius 3 is 2.35 bits per heavy atom. The molecule has 9 heteroatoms. The highest BCUT2D eigenvalue weighted by molar-refractivity contribution is 7.86. The lowest BCUT2D eigenvalue weighted by Gasteiger charge is -2.29. The van der Waals surface area contributed by atoms with Crippen LogP contribution in [-0.4, -0.2) is 44.2 Å². The molecule has 0 heterocycles. The average Bonchev–Trinajstić information content (AvgIpc) is 2.71. The van der Waals surface area contributed by atoms with E-state index in [9.17, 15) is 18.0 Å². The Morgan fingerprint density at radius 2 is 1.77 bits per heavy atom. The third-order valence-electron chi connectivity index (χ3n) is 4.53. The molecule has 0 saturated heterocycles. The molecule has 31 heavy (non-hydrogen) atoms. The molecule has 0 radical (unpaired) electrons. The van der Waals surface area contributed by atoms with Gasteiger partial charge in [-0.1, -0.05) is 19.1 Å². The maximum Gasteiger partial charge on any atom is 0.338 e. The van der Waals surface area contributed by atoms with Crippen molar-refractivity contribution in [2.75, 3.05) is 18.2 Å². The second-order valence-electron chi connectivity index (χ2n) is 7.05. The lowest BCUT2D eigenvalue weighted by atomic mass is 10.1. The van der Waals surface area contributed by atoms with Crippen molar-refractivity contribution in [1.82, 2.24) is 4.90 Å². The van der Waals surface area contributed by atoms with Crippen molar-refractivity contribution >= 4 is 27.8 Å². The summed E-state index contributed by atoms with van der Waals surface area (Å²) in [5, 5.41) is 2.84. The van der Waals surface area contributed by atoms with Crippen molar-refractivity contribution in [3.63, 3.8) is 0 Å². The molecule has 1 atom stereocenters. The average molecular weight is 449 g/mol. The van der Waals surface area contributed by atoms with Crippen molar-refractivity contribution in [1.29, 1.82) is 0 Å². The number of nitrogens with zero attached hydrogens (tertiary/aromatic N) is 1.